The van der Waals surface area contributed by atoms with Crippen LogP contribution in [0, 0.1) is 0 Å². The molecule has 3 aromatic rings. The van der Waals surface area contributed by atoms with E-state index in [4.69, 9.17) is 0 Å². The number of fused-ring (bicyclic) bond motifs is 1. The van der Waals surface area contributed by atoms with Crippen LogP contribution in [-0.2, 0) is 0 Å². The molecule has 0 atom stereocenters. The molecule has 0 fully saturated rings. The van der Waals surface area contributed by atoms with Crippen LogP contribution in [0.1, 0.15) is 0 Å². The minimum atomic E-state index is 0.759. The van der Waals surface area contributed by atoms with E-state index in [-0.39, 0.29) is 0 Å². The van der Waals surface area contributed by atoms with Crippen molar-refractivity contribution in [2.24, 2.45) is 0 Å². The summed E-state index contributed by atoms with van der Waals surface area (Å²) in [5.41, 5.74) is 2.74. The number of aromatic amines is 1. The predicted molar refractivity (Wildman–Crippen MR) is 68.9 cm³/mol. The minimum absolute atomic E-state index is 0.759. The number of para-hydroxylation sites is 1. The highest BCUT2D eigenvalue weighted by Crippen LogP contribution is 2.25. The molecule has 84 valence electrons. The monoisotopic (exact) mass is 242 g/mol. The predicted octanol–water partition coefficient (Wildman–Crippen LogP) is 2.74. The molecule has 1 aromatic carbocycles. The molecular weight excluding hydrogens is 232 g/mol. The van der Waals surface area contributed by atoms with Crippen molar-refractivity contribution >= 4 is 22.7 Å². The summed E-state index contributed by atoms with van der Waals surface area (Å²) in [5, 5.41) is 9.16. The van der Waals surface area contributed by atoms with Gasteiger partial charge in [-0.05, 0) is 18.4 Å². The fraction of sp³-hybridized carbons (Fsp3) is 0.0833. The quantitative estimate of drug-likeness (QED) is 0.554. The average Bonchev–Trinajstić information content (AvgIpc) is 2.82. The number of rotatable bonds is 2. The molecule has 0 bridgehead atoms. The third kappa shape index (κ3) is 1.78. The van der Waals surface area contributed by atoms with Gasteiger partial charge in [-0.3, -0.25) is 5.10 Å². The van der Waals surface area contributed by atoms with Crippen LogP contribution in [0.25, 0.3) is 22.3 Å². The average molecular weight is 242 g/mol. The van der Waals surface area contributed by atoms with Crippen LogP contribution in [0.4, 0.5) is 0 Å². The van der Waals surface area contributed by atoms with Gasteiger partial charge in [0.05, 0.1) is 11.2 Å². The van der Waals surface area contributed by atoms with Crippen molar-refractivity contribution in [1.82, 2.24) is 20.2 Å². The van der Waals surface area contributed by atoms with Crippen LogP contribution in [0.15, 0.2) is 41.7 Å². The second kappa shape index (κ2) is 4.18. The Morgan fingerprint density at radius 3 is 2.94 bits per heavy atom. The Labute approximate surface area is 102 Å². The second-order valence-electron chi connectivity index (χ2n) is 3.55. The molecule has 0 aliphatic rings. The molecule has 1 N–H and O–H groups in total. The van der Waals surface area contributed by atoms with Gasteiger partial charge in [-0.1, -0.05) is 30.0 Å². The summed E-state index contributed by atoms with van der Waals surface area (Å²) >= 11 is 1.53. The molecule has 17 heavy (non-hydrogen) atoms. The molecule has 2 heterocycles. The molecule has 0 aliphatic heterocycles. The number of hydrogen-bond acceptors (Lipinski definition) is 4. The van der Waals surface area contributed by atoms with E-state index in [0.29, 0.717) is 0 Å². The lowest BCUT2D eigenvalue weighted by atomic mass is 10.2. The van der Waals surface area contributed by atoms with Crippen LogP contribution in [0.3, 0.4) is 0 Å². The van der Waals surface area contributed by atoms with Crippen molar-refractivity contribution in [3.8, 4) is 11.4 Å². The van der Waals surface area contributed by atoms with E-state index in [0.717, 1.165) is 27.4 Å². The number of thioether (sulfide) groups is 1. The summed E-state index contributed by atoms with van der Waals surface area (Å²) < 4.78 is 0. The van der Waals surface area contributed by atoms with E-state index < -0.39 is 0 Å². The Balaban J connectivity index is 2.20. The summed E-state index contributed by atoms with van der Waals surface area (Å²) in [5.74, 6) is 0. The number of aromatic nitrogens is 4. The Bertz CT molecular complexity index is 662. The first-order valence-electron chi connectivity index (χ1n) is 5.19. The zero-order chi connectivity index (χ0) is 11.7. The third-order valence-electron chi connectivity index (χ3n) is 2.53. The first kappa shape index (κ1) is 10.3. The molecule has 0 aliphatic carbocycles. The normalized spacial score (nSPS) is 10.9. The molecule has 0 saturated heterocycles. The van der Waals surface area contributed by atoms with Gasteiger partial charge in [0.1, 0.15) is 5.69 Å². The van der Waals surface area contributed by atoms with Gasteiger partial charge in [0.2, 0.25) is 0 Å². The van der Waals surface area contributed by atoms with E-state index in [1.54, 1.807) is 6.20 Å². The first-order valence-corrected chi connectivity index (χ1v) is 6.41. The number of H-pyrrole nitrogens is 1. The van der Waals surface area contributed by atoms with Gasteiger partial charge in [0.25, 0.3) is 0 Å². The fourth-order valence-corrected chi connectivity index (χ4v) is 2.09. The fourth-order valence-electron chi connectivity index (χ4n) is 1.73. The van der Waals surface area contributed by atoms with E-state index >= 15 is 0 Å². The summed E-state index contributed by atoms with van der Waals surface area (Å²) in [4.78, 5) is 8.61. The van der Waals surface area contributed by atoms with Gasteiger partial charge < -0.3 is 0 Å². The Kier molecular flexibility index (Phi) is 2.53. The molecule has 0 unspecified atom stereocenters. The number of benzene rings is 1. The first-order chi connectivity index (χ1) is 8.38. The summed E-state index contributed by atoms with van der Waals surface area (Å²) in [6.07, 6.45) is 3.72. The number of nitrogens with one attached hydrogen (secondary N) is 1. The summed E-state index contributed by atoms with van der Waals surface area (Å²) in [6, 6.07) is 9.90. The highest BCUT2D eigenvalue weighted by molar-refractivity contribution is 7.98. The van der Waals surface area contributed by atoms with Crippen LogP contribution in [-0.4, -0.2) is 26.4 Å². The van der Waals surface area contributed by atoms with Crippen LogP contribution < -0.4 is 0 Å². The van der Waals surface area contributed by atoms with Gasteiger partial charge in [-0.15, -0.1) is 0 Å². The zero-order valence-corrected chi connectivity index (χ0v) is 10.0. The molecule has 0 radical (unpaired) electrons. The lowest BCUT2D eigenvalue weighted by Gasteiger charge is -1.98. The lowest BCUT2D eigenvalue weighted by Crippen LogP contribution is -1.89. The lowest BCUT2D eigenvalue weighted by molar-refractivity contribution is 0.968. The molecule has 0 spiro atoms. The highest BCUT2D eigenvalue weighted by atomic mass is 32.2. The Morgan fingerprint density at radius 2 is 2.06 bits per heavy atom. The summed E-state index contributed by atoms with van der Waals surface area (Å²) in [6.45, 7) is 0. The smallest absolute Gasteiger partial charge is 0.187 e. The minimum Gasteiger partial charge on any atom is -0.277 e. The van der Waals surface area contributed by atoms with Crippen LogP contribution in [0.5, 0.6) is 0 Å². The second-order valence-corrected chi connectivity index (χ2v) is 4.32. The van der Waals surface area contributed by atoms with Gasteiger partial charge in [0, 0.05) is 11.6 Å². The van der Waals surface area contributed by atoms with Gasteiger partial charge >= 0.3 is 0 Å². The van der Waals surface area contributed by atoms with Gasteiger partial charge in [-0.25, -0.2) is 9.97 Å². The Hall–Kier alpha value is -1.88. The van der Waals surface area contributed by atoms with E-state index in [9.17, 15) is 0 Å². The zero-order valence-electron chi connectivity index (χ0n) is 9.21. The third-order valence-corrected chi connectivity index (χ3v) is 3.09. The molecule has 0 saturated carbocycles. The molecule has 3 rings (SSSR count). The van der Waals surface area contributed by atoms with Crippen molar-refractivity contribution in [3.63, 3.8) is 0 Å². The van der Waals surface area contributed by atoms with Crippen molar-refractivity contribution in [2.75, 3.05) is 6.26 Å². The molecular formula is C12H10N4S. The largest absolute Gasteiger partial charge is 0.277 e. The van der Waals surface area contributed by atoms with Crippen molar-refractivity contribution in [2.45, 2.75) is 5.16 Å². The van der Waals surface area contributed by atoms with Crippen LogP contribution in [0.2, 0.25) is 0 Å². The van der Waals surface area contributed by atoms with Crippen molar-refractivity contribution in [3.05, 3.63) is 36.5 Å². The van der Waals surface area contributed by atoms with E-state index in [2.05, 4.69) is 20.2 Å². The maximum atomic E-state index is 4.45. The van der Waals surface area contributed by atoms with E-state index in [1.807, 2.05) is 36.6 Å². The maximum Gasteiger partial charge on any atom is 0.187 e. The highest BCUT2D eigenvalue weighted by Gasteiger charge is 2.09. The van der Waals surface area contributed by atoms with Crippen LogP contribution >= 0.6 is 11.8 Å². The summed E-state index contributed by atoms with van der Waals surface area (Å²) in [7, 11) is 0. The number of nitrogens with zero attached hydrogens (tertiary/aromatic N) is 3. The van der Waals surface area contributed by atoms with Gasteiger partial charge in [0.15, 0.2) is 5.16 Å². The molecule has 5 heteroatoms. The molecule has 4 nitrogen and oxygen atoms in total. The van der Waals surface area contributed by atoms with Gasteiger partial charge in [-0.2, -0.15) is 5.10 Å². The standard InChI is InChI=1S/C12H10N4S/c1-17-12-13-7-6-10(14-12)11-8-4-2-3-5-9(8)15-16-11/h2-7H,1H3,(H,15,16). The van der Waals surface area contributed by atoms with Crippen molar-refractivity contribution < 1.29 is 0 Å². The molecule has 0 amide bonds. The van der Waals surface area contributed by atoms with E-state index in [1.165, 1.54) is 11.8 Å². The topological polar surface area (TPSA) is 54.5 Å². The SMILES string of the molecule is CSc1nccc(-c2n[nH]c3ccccc23)n1. The molecule has 2 aromatic heterocycles. The van der Waals surface area contributed by atoms with Crippen molar-refractivity contribution in [1.29, 1.82) is 0 Å². The maximum absolute atomic E-state index is 4.45. The Morgan fingerprint density at radius 1 is 1.18 bits per heavy atom. The number of hydrogen-bond donors (Lipinski definition) is 1.